The molecule has 2 nitrogen and oxygen atoms in total. The fourth-order valence-electron chi connectivity index (χ4n) is 2.90. The summed E-state index contributed by atoms with van der Waals surface area (Å²) in [4.78, 5) is 0. The van der Waals surface area contributed by atoms with Gasteiger partial charge in [0.2, 0.25) is 0 Å². The Morgan fingerprint density at radius 3 is 2.78 bits per heavy atom. The molecule has 18 heavy (non-hydrogen) atoms. The Hall–Kier alpha value is -0.860. The van der Waals surface area contributed by atoms with Gasteiger partial charge in [0.25, 0.3) is 0 Å². The zero-order valence-electron chi connectivity index (χ0n) is 11.4. The smallest absolute Gasteiger partial charge is 0.0833 e. The molecule has 0 heterocycles. The molecule has 0 saturated carbocycles. The van der Waals surface area contributed by atoms with Gasteiger partial charge < -0.3 is 9.84 Å². The van der Waals surface area contributed by atoms with Crippen LogP contribution in [0.25, 0.3) is 0 Å². The summed E-state index contributed by atoms with van der Waals surface area (Å²) in [5, 5.41) is 10.3. The number of rotatable bonds is 7. The molecule has 0 fully saturated rings. The van der Waals surface area contributed by atoms with Crippen LogP contribution < -0.4 is 0 Å². The third kappa shape index (κ3) is 2.93. The van der Waals surface area contributed by atoms with Crippen molar-refractivity contribution in [2.24, 2.45) is 0 Å². The Balaban J connectivity index is 1.90. The number of hydrogen-bond acceptors (Lipinski definition) is 2. The molecule has 0 amide bonds. The molecule has 1 aliphatic carbocycles. The monoisotopic (exact) mass is 248 g/mol. The molecule has 3 unspecified atom stereocenters. The highest BCUT2D eigenvalue weighted by atomic mass is 16.5. The first-order valence-electron chi connectivity index (χ1n) is 7.13. The average molecular weight is 248 g/mol. The molecule has 0 radical (unpaired) electrons. The van der Waals surface area contributed by atoms with E-state index in [2.05, 4.69) is 31.2 Å². The van der Waals surface area contributed by atoms with E-state index in [1.54, 1.807) is 0 Å². The Morgan fingerprint density at radius 2 is 2.11 bits per heavy atom. The lowest BCUT2D eigenvalue weighted by molar-refractivity contribution is -0.0433. The van der Waals surface area contributed by atoms with E-state index in [0.29, 0.717) is 12.5 Å². The number of aliphatic hydroxyl groups excluding tert-OH is 1. The van der Waals surface area contributed by atoms with Crippen molar-refractivity contribution in [3.8, 4) is 0 Å². The number of fused-ring (bicyclic) bond motifs is 1. The van der Waals surface area contributed by atoms with Crippen LogP contribution in [0.2, 0.25) is 0 Å². The van der Waals surface area contributed by atoms with Gasteiger partial charge in [0.05, 0.1) is 12.2 Å². The molecule has 2 heteroatoms. The van der Waals surface area contributed by atoms with Gasteiger partial charge in [-0.25, -0.2) is 0 Å². The Bertz CT molecular complexity index is 369. The zero-order valence-corrected chi connectivity index (χ0v) is 11.4. The molecule has 100 valence electrons. The van der Waals surface area contributed by atoms with Crippen molar-refractivity contribution in [2.45, 2.75) is 57.7 Å². The van der Waals surface area contributed by atoms with Gasteiger partial charge in [-0.2, -0.15) is 0 Å². The molecule has 1 aromatic carbocycles. The third-order valence-electron chi connectivity index (χ3n) is 3.87. The third-order valence-corrected chi connectivity index (χ3v) is 3.87. The van der Waals surface area contributed by atoms with Crippen molar-refractivity contribution in [2.75, 3.05) is 6.61 Å². The largest absolute Gasteiger partial charge is 0.390 e. The molecule has 0 aliphatic heterocycles. The van der Waals surface area contributed by atoms with Gasteiger partial charge in [-0.1, -0.05) is 37.6 Å². The van der Waals surface area contributed by atoms with E-state index in [-0.39, 0.29) is 12.2 Å². The molecule has 0 spiro atoms. The maximum Gasteiger partial charge on any atom is 0.0833 e. The van der Waals surface area contributed by atoms with Crippen molar-refractivity contribution in [1.29, 1.82) is 0 Å². The molecule has 0 aromatic heterocycles. The van der Waals surface area contributed by atoms with Crippen LogP contribution in [-0.4, -0.2) is 23.9 Å². The quantitative estimate of drug-likeness (QED) is 0.802. The Morgan fingerprint density at radius 1 is 1.33 bits per heavy atom. The summed E-state index contributed by atoms with van der Waals surface area (Å²) in [6.45, 7) is 4.81. The Labute approximate surface area is 110 Å². The maximum atomic E-state index is 10.3. The molecule has 2 rings (SSSR count). The topological polar surface area (TPSA) is 29.5 Å². The second-order valence-electron chi connectivity index (χ2n) is 5.19. The average Bonchev–Trinajstić information content (AvgIpc) is 2.35. The fraction of sp³-hybridized carbons (Fsp3) is 0.625. The first-order valence-corrected chi connectivity index (χ1v) is 7.13. The van der Waals surface area contributed by atoms with Gasteiger partial charge in [0.1, 0.15) is 0 Å². The van der Waals surface area contributed by atoms with Gasteiger partial charge in [0, 0.05) is 6.61 Å². The fourth-order valence-corrected chi connectivity index (χ4v) is 2.90. The summed E-state index contributed by atoms with van der Waals surface area (Å²) < 4.78 is 5.65. The van der Waals surface area contributed by atoms with Crippen LogP contribution >= 0.6 is 0 Å². The number of aliphatic hydroxyl groups is 1. The minimum absolute atomic E-state index is 0.00719. The van der Waals surface area contributed by atoms with Crippen LogP contribution in [0.1, 0.15) is 50.2 Å². The van der Waals surface area contributed by atoms with E-state index in [1.165, 1.54) is 11.1 Å². The number of ether oxygens (including phenoxy) is 1. The first kappa shape index (κ1) is 13.6. The van der Waals surface area contributed by atoms with Crippen LogP contribution in [-0.2, 0) is 11.2 Å². The number of hydrogen-bond donors (Lipinski definition) is 1. The summed E-state index contributed by atoms with van der Waals surface area (Å²) >= 11 is 0. The predicted octanol–water partition coefficient (Wildman–Crippen LogP) is 3.28. The molecule has 1 aromatic rings. The predicted molar refractivity (Wildman–Crippen MR) is 73.8 cm³/mol. The second kappa shape index (κ2) is 6.35. The standard InChI is InChI=1S/C16H24O2/c1-3-7-16(18-4-2)15(17)11-13-10-12-8-5-6-9-14(12)13/h5-6,8-9,13,15-17H,3-4,7,10-11H2,1-2H3. The first-order chi connectivity index (χ1) is 8.76. The van der Waals surface area contributed by atoms with Gasteiger partial charge in [-0.15, -0.1) is 0 Å². The lowest BCUT2D eigenvalue weighted by atomic mass is 9.74. The van der Waals surface area contributed by atoms with Crippen molar-refractivity contribution < 1.29 is 9.84 Å². The molecule has 0 bridgehead atoms. The molecule has 1 aliphatic rings. The summed E-state index contributed by atoms with van der Waals surface area (Å²) in [7, 11) is 0. The van der Waals surface area contributed by atoms with Gasteiger partial charge in [-0.3, -0.25) is 0 Å². The molecular formula is C16H24O2. The van der Waals surface area contributed by atoms with Gasteiger partial charge >= 0.3 is 0 Å². The van der Waals surface area contributed by atoms with Crippen LogP contribution in [0.3, 0.4) is 0 Å². The lowest BCUT2D eigenvalue weighted by Crippen LogP contribution is -2.33. The van der Waals surface area contributed by atoms with Crippen molar-refractivity contribution in [3.63, 3.8) is 0 Å². The minimum Gasteiger partial charge on any atom is -0.390 e. The maximum absolute atomic E-state index is 10.3. The van der Waals surface area contributed by atoms with Crippen LogP contribution in [0.5, 0.6) is 0 Å². The SMILES string of the molecule is CCCC(OCC)C(O)CC1Cc2ccccc21. The molecule has 0 saturated heterocycles. The van der Waals surface area contributed by atoms with Crippen molar-refractivity contribution in [3.05, 3.63) is 35.4 Å². The van der Waals surface area contributed by atoms with E-state index < -0.39 is 0 Å². The van der Waals surface area contributed by atoms with Crippen LogP contribution in [0.15, 0.2) is 24.3 Å². The highest BCUT2D eigenvalue weighted by molar-refractivity contribution is 5.39. The Kier molecular flexibility index (Phi) is 4.79. The van der Waals surface area contributed by atoms with Crippen LogP contribution in [0, 0.1) is 0 Å². The summed E-state index contributed by atoms with van der Waals surface area (Å²) in [5.41, 5.74) is 2.86. The normalized spacial score (nSPS) is 20.9. The summed E-state index contributed by atoms with van der Waals surface area (Å²) in [5.74, 6) is 0.524. The van der Waals surface area contributed by atoms with E-state index >= 15 is 0 Å². The minimum atomic E-state index is -0.330. The van der Waals surface area contributed by atoms with Crippen LogP contribution in [0.4, 0.5) is 0 Å². The summed E-state index contributed by atoms with van der Waals surface area (Å²) in [6.07, 6.45) is 3.63. The molecule has 3 atom stereocenters. The summed E-state index contributed by atoms with van der Waals surface area (Å²) in [6, 6.07) is 8.55. The van der Waals surface area contributed by atoms with Crippen molar-refractivity contribution in [1.82, 2.24) is 0 Å². The van der Waals surface area contributed by atoms with E-state index in [1.807, 2.05) is 6.92 Å². The van der Waals surface area contributed by atoms with E-state index in [9.17, 15) is 5.11 Å². The highest BCUT2D eigenvalue weighted by Crippen LogP contribution is 2.38. The van der Waals surface area contributed by atoms with E-state index in [4.69, 9.17) is 4.74 Å². The van der Waals surface area contributed by atoms with Gasteiger partial charge in [-0.05, 0) is 43.2 Å². The van der Waals surface area contributed by atoms with E-state index in [0.717, 1.165) is 25.7 Å². The highest BCUT2D eigenvalue weighted by Gasteiger charge is 2.30. The van der Waals surface area contributed by atoms with Gasteiger partial charge in [0.15, 0.2) is 0 Å². The number of benzene rings is 1. The molecule has 1 N–H and O–H groups in total. The lowest BCUT2D eigenvalue weighted by Gasteiger charge is -2.33. The van der Waals surface area contributed by atoms with Crippen molar-refractivity contribution >= 4 is 0 Å². The second-order valence-corrected chi connectivity index (χ2v) is 5.19. The zero-order chi connectivity index (χ0) is 13.0. The molecular weight excluding hydrogens is 224 g/mol.